The van der Waals surface area contributed by atoms with Gasteiger partial charge in [0.1, 0.15) is 0 Å². The van der Waals surface area contributed by atoms with Crippen LogP contribution in [0.1, 0.15) is 31.8 Å². The van der Waals surface area contributed by atoms with E-state index in [0.717, 1.165) is 33.3 Å². The van der Waals surface area contributed by atoms with Gasteiger partial charge in [0.15, 0.2) is 0 Å². The van der Waals surface area contributed by atoms with E-state index in [9.17, 15) is 9.59 Å². The van der Waals surface area contributed by atoms with Crippen LogP contribution in [0.4, 0.5) is 5.69 Å². The number of hydrogen-bond acceptors (Lipinski definition) is 3. The number of rotatable bonds is 4. The van der Waals surface area contributed by atoms with Crippen molar-refractivity contribution in [2.75, 3.05) is 5.32 Å². The van der Waals surface area contributed by atoms with Crippen LogP contribution in [-0.2, 0) is 13.2 Å². The number of benzene rings is 3. The third kappa shape index (κ3) is 3.46. The molecule has 0 bridgehead atoms. The number of aliphatic hydroxyl groups is 1. The molecule has 3 aromatic carbocycles. The smallest absolute Gasteiger partial charge is 0.255 e. The topological polar surface area (TPSA) is 94.2 Å². The van der Waals surface area contributed by atoms with E-state index < -0.39 is 0 Å². The van der Waals surface area contributed by atoms with E-state index in [4.69, 9.17) is 16.7 Å². The number of aromatic nitrogens is 1. The number of amides is 2. The Morgan fingerprint density at radius 2 is 1.87 bits per heavy atom. The van der Waals surface area contributed by atoms with Gasteiger partial charge in [-0.05, 0) is 48.0 Å². The van der Waals surface area contributed by atoms with E-state index in [-0.39, 0.29) is 18.4 Å². The summed E-state index contributed by atoms with van der Waals surface area (Å²) in [6.07, 6.45) is 0. The van der Waals surface area contributed by atoms with E-state index in [1.165, 1.54) is 0 Å². The Balaban J connectivity index is 1.46. The number of H-pyrrole nitrogens is 1. The summed E-state index contributed by atoms with van der Waals surface area (Å²) < 4.78 is 0. The summed E-state index contributed by atoms with van der Waals surface area (Å²) >= 11 is 6.25. The summed E-state index contributed by atoms with van der Waals surface area (Å²) in [5.41, 5.74) is 5.77. The largest absolute Gasteiger partial charge is 0.392 e. The molecule has 0 aliphatic carbocycles. The maximum atomic E-state index is 12.7. The Labute approximate surface area is 182 Å². The van der Waals surface area contributed by atoms with Crippen molar-refractivity contribution in [2.45, 2.75) is 13.2 Å². The minimum Gasteiger partial charge on any atom is -0.392 e. The van der Waals surface area contributed by atoms with Crippen LogP contribution < -0.4 is 10.6 Å². The second-order valence-corrected chi connectivity index (χ2v) is 7.83. The molecule has 0 radical (unpaired) electrons. The van der Waals surface area contributed by atoms with Gasteiger partial charge < -0.3 is 20.7 Å². The van der Waals surface area contributed by atoms with Gasteiger partial charge in [0.25, 0.3) is 11.8 Å². The molecule has 0 unspecified atom stereocenters. The maximum absolute atomic E-state index is 12.7. The molecule has 154 valence electrons. The van der Waals surface area contributed by atoms with Crippen LogP contribution in [0, 0.1) is 0 Å². The highest BCUT2D eigenvalue weighted by Gasteiger charge is 2.26. The molecule has 5 rings (SSSR count). The summed E-state index contributed by atoms with van der Waals surface area (Å²) in [4.78, 5) is 28.4. The van der Waals surface area contributed by atoms with Crippen molar-refractivity contribution in [3.8, 4) is 11.3 Å². The predicted octanol–water partition coefficient (Wildman–Crippen LogP) is 4.48. The van der Waals surface area contributed by atoms with Crippen molar-refractivity contribution in [2.24, 2.45) is 0 Å². The van der Waals surface area contributed by atoms with E-state index in [1.54, 1.807) is 36.4 Å². The lowest BCUT2D eigenvalue weighted by Crippen LogP contribution is -2.13. The first-order chi connectivity index (χ1) is 15.0. The zero-order chi connectivity index (χ0) is 21.5. The molecular weight excluding hydrogens is 414 g/mol. The molecule has 0 atom stereocenters. The Kier molecular flexibility index (Phi) is 4.73. The molecule has 6 nitrogen and oxygen atoms in total. The van der Waals surface area contributed by atoms with Crippen molar-refractivity contribution in [1.82, 2.24) is 10.3 Å². The minimum atomic E-state index is -0.229. The fourth-order valence-corrected chi connectivity index (χ4v) is 4.08. The minimum absolute atomic E-state index is 0.0425. The van der Waals surface area contributed by atoms with Crippen molar-refractivity contribution in [3.05, 3.63) is 87.9 Å². The number of anilines is 1. The van der Waals surface area contributed by atoms with Crippen LogP contribution in [0.15, 0.2) is 60.7 Å². The quantitative estimate of drug-likeness (QED) is 0.384. The van der Waals surface area contributed by atoms with Crippen LogP contribution in [0.25, 0.3) is 22.2 Å². The Morgan fingerprint density at radius 3 is 2.65 bits per heavy atom. The predicted molar refractivity (Wildman–Crippen MR) is 120 cm³/mol. The molecule has 31 heavy (non-hydrogen) atoms. The van der Waals surface area contributed by atoms with E-state index in [0.29, 0.717) is 28.4 Å². The molecule has 2 amide bonds. The van der Waals surface area contributed by atoms with Crippen molar-refractivity contribution in [3.63, 3.8) is 0 Å². The molecule has 1 aliphatic heterocycles. The molecule has 0 saturated carbocycles. The average molecular weight is 432 g/mol. The van der Waals surface area contributed by atoms with Gasteiger partial charge in [-0.3, -0.25) is 9.59 Å². The third-order valence-corrected chi connectivity index (χ3v) is 5.83. The monoisotopic (exact) mass is 431 g/mol. The third-order valence-electron chi connectivity index (χ3n) is 5.48. The molecular formula is C24H18ClN3O3. The van der Waals surface area contributed by atoms with Gasteiger partial charge in [-0.1, -0.05) is 29.8 Å². The molecule has 4 N–H and O–H groups in total. The number of aromatic amines is 1. The summed E-state index contributed by atoms with van der Waals surface area (Å²) in [7, 11) is 0. The first-order valence-electron chi connectivity index (χ1n) is 9.77. The first kappa shape index (κ1) is 19.4. The molecule has 1 aliphatic rings. The van der Waals surface area contributed by atoms with Gasteiger partial charge >= 0.3 is 0 Å². The molecule has 1 aromatic heterocycles. The van der Waals surface area contributed by atoms with Crippen LogP contribution in [0.3, 0.4) is 0 Å². The highest BCUT2D eigenvalue weighted by molar-refractivity contribution is 6.32. The number of carbonyl (C=O) groups is 2. The summed E-state index contributed by atoms with van der Waals surface area (Å²) in [6, 6.07) is 18.0. The Bertz CT molecular complexity index is 1340. The lowest BCUT2D eigenvalue weighted by Gasteiger charge is -2.06. The van der Waals surface area contributed by atoms with Gasteiger partial charge in [-0.25, -0.2) is 0 Å². The molecule has 0 fully saturated rings. The lowest BCUT2D eigenvalue weighted by molar-refractivity contribution is 0.0965. The number of hydrogen-bond donors (Lipinski definition) is 4. The highest BCUT2D eigenvalue weighted by atomic mass is 35.5. The number of halogens is 1. The van der Waals surface area contributed by atoms with Gasteiger partial charge in [-0.15, -0.1) is 0 Å². The molecule has 0 saturated heterocycles. The number of aliphatic hydroxyl groups excluding tert-OH is 1. The summed E-state index contributed by atoms with van der Waals surface area (Å²) in [5.74, 6) is -0.369. The Hall–Kier alpha value is -3.61. The van der Waals surface area contributed by atoms with Crippen molar-refractivity contribution < 1.29 is 14.7 Å². The average Bonchev–Trinajstić information content (AvgIpc) is 3.38. The zero-order valence-corrected chi connectivity index (χ0v) is 17.1. The van der Waals surface area contributed by atoms with Gasteiger partial charge in [-0.2, -0.15) is 0 Å². The first-order valence-corrected chi connectivity index (χ1v) is 10.1. The highest BCUT2D eigenvalue weighted by Crippen LogP contribution is 2.34. The fourth-order valence-electron chi connectivity index (χ4n) is 3.85. The van der Waals surface area contributed by atoms with Crippen molar-refractivity contribution in [1.29, 1.82) is 0 Å². The normalized spacial score (nSPS) is 12.6. The van der Waals surface area contributed by atoms with Crippen LogP contribution in [0.2, 0.25) is 5.02 Å². The van der Waals surface area contributed by atoms with Crippen molar-refractivity contribution >= 4 is 40.0 Å². The van der Waals surface area contributed by atoms with E-state index in [1.807, 2.05) is 24.3 Å². The SMILES string of the molecule is O=C(Nc1ccc(CO)cc1)c1ccc2[nH]c(-c3ccc(Cl)c4c3C(=O)NC4)cc2c1. The second-order valence-electron chi connectivity index (χ2n) is 7.43. The van der Waals surface area contributed by atoms with Crippen LogP contribution >= 0.6 is 11.6 Å². The molecule has 7 heteroatoms. The summed E-state index contributed by atoms with van der Waals surface area (Å²) in [5, 5.41) is 16.2. The standard InChI is InChI=1S/C24H18ClN3O3/c25-19-7-6-17(22-18(19)11-26-24(22)31)21-10-15-9-14(3-8-20(15)28-21)23(30)27-16-4-1-13(12-29)2-5-16/h1-10,28-29H,11-12H2,(H,26,31)(H,27,30). The molecule has 4 aromatic rings. The van der Waals surface area contributed by atoms with Crippen LogP contribution in [-0.4, -0.2) is 21.9 Å². The number of fused-ring (bicyclic) bond motifs is 2. The van der Waals surface area contributed by atoms with Gasteiger partial charge in [0.2, 0.25) is 0 Å². The van der Waals surface area contributed by atoms with Gasteiger partial charge in [0.05, 0.1) is 12.2 Å². The molecule has 0 spiro atoms. The Morgan fingerprint density at radius 1 is 1.06 bits per heavy atom. The number of carbonyl (C=O) groups excluding carboxylic acids is 2. The van der Waals surface area contributed by atoms with Crippen LogP contribution in [0.5, 0.6) is 0 Å². The second kappa shape index (κ2) is 7.58. The lowest BCUT2D eigenvalue weighted by atomic mass is 10.0. The summed E-state index contributed by atoms with van der Waals surface area (Å²) in [6.45, 7) is 0.379. The maximum Gasteiger partial charge on any atom is 0.255 e. The fraction of sp³-hybridized carbons (Fsp3) is 0.0833. The zero-order valence-electron chi connectivity index (χ0n) is 16.3. The number of nitrogens with one attached hydrogen (secondary N) is 3. The van der Waals surface area contributed by atoms with E-state index >= 15 is 0 Å². The molecule has 2 heterocycles. The van der Waals surface area contributed by atoms with Gasteiger partial charge in [0, 0.05) is 50.5 Å². The van der Waals surface area contributed by atoms with E-state index in [2.05, 4.69) is 15.6 Å².